The highest BCUT2D eigenvalue weighted by molar-refractivity contribution is 6.05. The van der Waals surface area contributed by atoms with E-state index in [1.807, 2.05) is 6.92 Å². The summed E-state index contributed by atoms with van der Waals surface area (Å²) in [5.74, 6) is 0.400. The maximum Gasteiger partial charge on any atom is 0.257 e. The van der Waals surface area contributed by atoms with Crippen molar-refractivity contribution in [2.45, 2.75) is 6.92 Å². The number of hydrogen-bond donors (Lipinski definition) is 2. The van der Waals surface area contributed by atoms with Crippen molar-refractivity contribution < 1.29 is 9.53 Å². The molecule has 1 heterocycles. The summed E-state index contributed by atoms with van der Waals surface area (Å²) < 4.78 is 5.05. The lowest BCUT2D eigenvalue weighted by Crippen LogP contribution is -2.13. The van der Waals surface area contributed by atoms with Gasteiger partial charge >= 0.3 is 0 Å². The minimum Gasteiger partial charge on any atom is -0.497 e. The Labute approximate surface area is 111 Å². The zero-order valence-corrected chi connectivity index (χ0v) is 10.8. The standard InChI is InChI=1S/C14H15N3O2/c1-9-3-4-10(8-16-9)14(18)17-13-6-5-11(19-2)7-12(13)15/h3-8H,15H2,1-2H3,(H,17,18). The first-order valence-electron chi connectivity index (χ1n) is 5.77. The van der Waals surface area contributed by atoms with E-state index in [0.717, 1.165) is 5.69 Å². The number of aromatic nitrogens is 1. The van der Waals surface area contributed by atoms with Crippen molar-refractivity contribution in [2.75, 3.05) is 18.2 Å². The van der Waals surface area contributed by atoms with E-state index in [-0.39, 0.29) is 5.91 Å². The van der Waals surface area contributed by atoms with Gasteiger partial charge in [0.2, 0.25) is 0 Å². The van der Waals surface area contributed by atoms with E-state index in [4.69, 9.17) is 10.5 Å². The van der Waals surface area contributed by atoms with Crippen molar-refractivity contribution in [1.29, 1.82) is 0 Å². The average Bonchev–Trinajstić information content (AvgIpc) is 2.41. The van der Waals surface area contributed by atoms with Crippen LogP contribution in [0.15, 0.2) is 36.5 Å². The van der Waals surface area contributed by atoms with Crippen molar-refractivity contribution in [3.05, 3.63) is 47.8 Å². The van der Waals surface area contributed by atoms with Gasteiger partial charge in [0.25, 0.3) is 5.91 Å². The van der Waals surface area contributed by atoms with Crippen LogP contribution in [0, 0.1) is 6.92 Å². The fraction of sp³-hybridized carbons (Fsp3) is 0.143. The van der Waals surface area contributed by atoms with E-state index >= 15 is 0 Å². The number of amides is 1. The summed E-state index contributed by atoms with van der Waals surface area (Å²) in [6.07, 6.45) is 1.53. The smallest absolute Gasteiger partial charge is 0.257 e. The lowest BCUT2D eigenvalue weighted by molar-refractivity contribution is 0.102. The number of hydrogen-bond acceptors (Lipinski definition) is 4. The number of carbonyl (C=O) groups is 1. The number of nitrogens with two attached hydrogens (primary N) is 1. The molecule has 0 spiro atoms. The number of methoxy groups -OCH3 is 1. The number of ether oxygens (including phenoxy) is 1. The number of nitrogens with one attached hydrogen (secondary N) is 1. The normalized spacial score (nSPS) is 10.0. The zero-order chi connectivity index (χ0) is 13.8. The van der Waals surface area contributed by atoms with Crippen LogP contribution in [0.2, 0.25) is 0 Å². The number of nitrogen functional groups attached to an aromatic ring is 1. The van der Waals surface area contributed by atoms with Crippen LogP contribution in [0.3, 0.4) is 0 Å². The molecule has 0 fully saturated rings. The lowest BCUT2D eigenvalue weighted by atomic mass is 10.2. The van der Waals surface area contributed by atoms with Crippen LogP contribution < -0.4 is 15.8 Å². The predicted molar refractivity (Wildman–Crippen MR) is 74.3 cm³/mol. The Kier molecular flexibility index (Phi) is 3.66. The topological polar surface area (TPSA) is 77.2 Å². The van der Waals surface area contributed by atoms with Crippen LogP contribution in [0.5, 0.6) is 5.75 Å². The maximum absolute atomic E-state index is 12.0. The van der Waals surface area contributed by atoms with Gasteiger partial charge in [-0.3, -0.25) is 9.78 Å². The average molecular weight is 257 g/mol. The molecule has 0 saturated carbocycles. The first-order valence-corrected chi connectivity index (χ1v) is 5.77. The highest BCUT2D eigenvalue weighted by Crippen LogP contribution is 2.24. The van der Waals surface area contributed by atoms with Gasteiger partial charge < -0.3 is 15.8 Å². The molecule has 5 heteroatoms. The molecule has 2 aromatic rings. The summed E-state index contributed by atoms with van der Waals surface area (Å²) in [6, 6.07) is 8.60. The van der Waals surface area contributed by atoms with Crippen LogP contribution in [-0.2, 0) is 0 Å². The quantitative estimate of drug-likeness (QED) is 0.827. The number of nitrogens with zero attached hydrogens (tertiary/aromatic N) is 1. The summed E-state index contributed by atoms with van der Waals surface area (Å²) in [6.45, 7) is 1.86. The molecule has 0 radical (unpaired) electrons. The first kappa shape index (κ1) is 12.9. The maximum atomic E-state index is 12.0. The highest BCUT2D eigenvalue weighted by Gasteiger charge is 2.08. The van der Waals surface area contributed by atoms with Crippen LogP contribution in [0.25, 0.3) is 0 Å². The molecular formula is C14H15N3O2. The van der Waals surface area contributed by atoms with Gasteiger partial charge in [-0.1, -0.05) is 0 Å². The molecule has 0 atom stereocenters. The van der Waals surface area contributed by atoms with Gasteiger partial charge in [0.1, 0.15) is 5.75 Å². The molecule has 2 rings (SSSR count). The molecule has 1 aromatic heterocycles. The van der Waals surface area contributed by atoms with E-state index in [0.29, 0.717) is 22.7 Å². The minimum atomic E-state index is -0.246. The second-order valence-electron chi connectivity index (χ2n) is 4.10. The van der Waals surface area contributed by atoms with Gasteiger partial charge in [-0.25, -0.2) is 0 Å². The lowest BCUT2D eigenvalue weighted by Gasteiger charge is -2.09. The van der Waals surface area contributed by atoms with Gasteiger partial charge in [-0.05, 0) is 31.2 Å². The Morgan fingerprint density at radius 1 is 1.32 bits per heavy atom. The number of rotatable bonds is 3. The van der Waals surface area contributed by atoms with Crippen LogP contribution in [-0.4, -0.2) is 18.0 Å². The van der Waals surface area contributed by atoms with E-state index < -0.39 is 0 Å². The number of carbonyl (C=O) groups excluding carboxylic acids is 1. The summed E-state index contributed by atoms with van der Waals surface area (Å²) in [5, 5.41) is 2.74. The first-order chi connectivity index (χ1) is 9.10. The van der Waals surface area contributed by atoms with E-state index in [1.54, 1.807) is 37.4 Å². The minimum absolute atomic E-state index is 0.246. The summed E-state index contributed by atoms with van der Waals surface area (Å²) in [5.41, 5.74) is 8.18. The number of benzene rings is 1. The van der Waals surface area contributed by atoms with Crippen molar-refractivity contribution >= 4 is 17.3 Å². The molecule has 0 unspecified atom stereocenters. The summed E-state index contributed by atoms with van der Waals surface area (Å²) in [4.78, 5) is 16.1. The van der Waals surface area contributed by atoms with Gasteiger partial charge in [0.15, 0.2) is 0 Å². The van der Waals surface area contributed by atoms with Crippen LogP contribution >= 0.6 is 0 Å². The number of aryl methyl sites for hydroxylation is 1. The molecule has 3 N–H and O–H groups in total. The Morgan fingerprint density at radius 3 is 2.68 bits per heavy atom. The molecule has 0 aliphatic rings. The number of pyridine rings is 1. The SMILES string of the molecule is COc1ccc(NC(=O)c2ccc(C)nc2)c(N)c1. The van der Waals surface area contributed by atoms with Crippen molar-refractivity contribution in [1.82, 2.24) is 4.98 Å². The molecule has 1 aromatic carbocycles. The van der Waals surface area contributed by atoms with E-state index in [9.17, 15) is 4.79 Å². The van der Waals surface area contributed by atoms with Crippen LogP contribution in [0.1, 0.15) is 16.1 Å². The predicted octanol–water partition coefficient (Wildman–Crippen LogP) is 2.23. The van der Waals surface area contributed by atoms with Gasteiger partial charge in [-0.15, -0.1) is 0 Å². The van der Waals surface area contributed by atoms with Crippen molar-refractivity contribution in [2.24, 2.45) is 0 Å². The summed E-state index contributed by atoms with van der Waals surface area (Å²) in [7, 11) is 1.56. The molecule has 1 amide bonds. The molecule has 98 valence electrons. The fourth-order valence-electron chi connectivity index (χ4n) is 1.58. The third kappa shape index (κ3) is 3.01. The molecule has 0 bridgehead atoms. The zero-order valence-electron chi connectivity index (χ0n) is 10.8. The van der Waals surface area contributed by atoms with Gasteiger partial charge in [-0.2, -0.15) is 0 Å². The molecule has 19 heavy (non-hydrogen) atoms. The van der Waals surface area contributed by atoms with Gasteiger partial charge in [0, 0.05) is 18.0 Å². The third-order valence-corrected chi connectivity index (χ3v) is 2.68. The fourth-order valence-corrected chi connectivity index (χ4v) is 1.58. The molecule has 0 saturated heterocycles. The van der Waals surface area contributed by atoms with Crippen molar-refractivity contribution in [3.8, 4) is 5.75 Å². The molecule has 0 aliphatic carbocycles. The Hall–Kier alpha value is -2.56. The largest absolute Gasteiger partial charge is 0.497 e. The highest BCUT2D eigenvalue weighted by atomic mass is 16.5. The third-order valence-electron chi connectivity index (χ3n) is 2.68. The van der Waals surface area contributed by atoms with E-state index in [2.05, 4.69) is 10.3 Å². The van der Waals surface area contributed by atoms with Gasteiger partial charge in [0.05, 0.1) is 24.0 Å². The van der Waals surface area contributed by atoms with Crippen molar-refractivity contribution in [3.63, 3.8) is 0 Å². The Morgan fingerprint density at radius 2 is 2.11 bits per heavy atom. The second-order valence-corrected chi connectivity index (χ2v) is 4.10. The second kappa shape index (κ2) is 5.39. The monoisotopic (exact) mass is 257 g/mol. The molecule has 0 aliphatic heterocycles. The molecule has 5 nitrogen and oxygen atoms in total. The molecular weight excluding hydrogens is 242 g/mol. The number of anilines is 2. The van der Waals surface area contributed by atoms with E-state index in [1.165, 1.54) is 6.20 Å². The van der Waals surface area contributed by atoms with Crippen LogP contribution in [0.4, 0.5) is 11.4 Å². The summed E-state index contributed by atoms with van der Waals surface area (Å²) >= 11 is 0. The Balaban J connectivity index is 2.17. The Bertz CT molecular complexity index is 594.